The number of carbonyl (C=O) groups excluding carboxylic acids is 1. The highest BCUT2D eigenvalue weighted by Gasteiger charge is 2.25. The van der Waals surface area contributed by atoms with E-state index in [9.17, 15) is 14.0 Å². The van der Waals surface area contributed by atoms with Crippen molar-refractivity contribution in [2.24, 2.45) is 0 Å². The molecule has 0 radical (unpaired) electrons. The molecule has 1 amide bonds. The maximum absolute atomic E-state index is 13.4. The number of fused-ring (bicyclic) bond motifs is 1. The number of hydrogen-bond donors (Lipinski definition) is 2. The molecule has 1 aromatic heterocycles. The van der Waals surface area contributed by atoms with Crippen LogP contribution in [0.3, 0.4) is 0 Å². The van der Waals surface area contributed by atoms with Crippen LogP contribution in [0.1, 0.15) is 40.4 Å². The van der Waals surface area contributed by atoms with Gasteiger partial charge in [-0.1, -0.05) is 24.3 Å². The normalized spacial score (nSPS) is 15.5. The van der Waals surface area contributed by atoms with Crippen LogP contribution in [0.4, 0.5) is 4.39 Å². The lowest BCUT2D eigenvalue weighted by Gasteiger charge is -2.29. The maximum Gasteiger partial charge on any atom is 0.261 e. The van der Waals surface area contributed by atoms with Gasteiger partial charge in [0.25, 0.3) is 11.5 Å². The smallest absolute Gasteiger partial charge is 0.261 e. The molecule has 2 aromatic carbocycles. The minimum absolute atomic E-state index is 0.0362. The molecule has 0 saturated carbocycles. The molecule has 0 bridgehead atoms. The first-order chi connectivity index (χ1) is 14.0. The minimum Gasteiger partial charge on any atom is -0.350 e. The quantitative estimate of drug-likeness (QED) is 0.697. The molecule has 2 N–H and O–H groups in total. The zero-order valence-electron chi connectivity index (χ0n) is 16.4. The highest BCUT2D eigenvalue weighted by molar-refractivity contribution is 5.97. The van der Waals surface area contributed by atoms with E-state index in [1.54, 1.807) is 6.07 Å². The van der Waals surface area contributed by atoms with Crippen LogP contribution in [0.5, 0.6) is 0 Å². The number of rotatable bonds is 5. The molecular weight excluding hydrogens is 369 g/mol. The summed E-state index contributed by atoms with van der Waals surface area (Å²) in [4.78, 5) is 30.1. The van der Waals surface area contributed by atoms with E-state index < -0.39 is 17.3 Å². The molecule has 2 heterocycles. The van der Waals surface area contributed by atoms with Crippen molar-refractivity contribution in [3.63, 3.8) is 0 Å². The Balaban J connectivity index is 1.57. The van der Waals surface area contributed by atoms with Crippen molar-refractivity contribution in [2.45, 2.75) is 25.8 Å². The van der Waals surface area contributed by atoms with Gasteiger partial charge >= 0.3 is 0 Å². The fraction of sp³-hybridized carbons (Fsp3) is 0.304. The lowest BCUT2D eigenvalue weighted by atomic mass is 10.00. The monoisotopic (exact) mass is 393 g/mol. The molecule has 5 nitrogen and oxygen atoms in total. The average molecular weight is 393 g/mol. The Morgan fingerprint density at radius 3 is 2.69 bits per heavy atom. The van der Waals surface area contributed by atoms with Crippen molar-refractivity contribution >= 4 is 16.8 Å². The van der Waals surface area contributed by atoms with Gasteiger partial charge in [-0.2, -0.15) is 0 Å². The van der Waals surface area contributed by atoms with Gasteiger partial charge in [0, 0.05) is 6.54 Å². The van der Waals surface area contributed by atoms with Gasteiger partial charge in [-0.25, -0.2) is 4.39 Å². The number of nitrogens with zero attached hydrogens (tertiary/aromatic N) is 1. The Hall–Kier alpha value is -2.99. The molecule has 0 aliphatic carbocycles. The van der Waals surface area contributed by atoms with Crippen LogP contribution in [0, 0.1) is 12.7 Å². The van der Waals surface area contributed by atoms with Crippen LogP contribution in [-0.2, 0) is 0 Å². The number of aromatic nitrogens is 1. The van der Waals surface area contributed by atoms with Crippen LogP contribution in [0.25, 0.3) is 10.9 Å². The van der Waals surface area contributed by atoms with Crippen molar-refractivity contribution in [2.75, 3.05) is 19.6 Å². The lowest BCUT2D eigenvalue weighted by Crippen LogP contribution is -2.38. The molecule has 3 aromatic rings. The topological polar surface area (TPSA) is 65.2 Å². The largest absolute Gasteiger partial charge is 0.350 e. The predicted octanol–water partition coefficient (Wildman–Crippen LogP) is 3.54. The number of hydrogen-bond acceptors (Lipinski definition) is 3. The summed E-state index contributed by atoms with van der Waals surface area (Å²) in [5.41, 5.74) is 2.27. The third-order valence-electron chi connectivity index (χ3n) is 5.64. The van der Waals surface area contributed by atoms with Gasteiger partial charge in [0.1, 0.15) is 11.4 Å². The molecule has 4 rings (SSSR count). The van der Waals surface area contributed by atoms with Crippen molar-refractivity contribution in [1.29, 1.82) is 0 Å². The summed E-state index contributed by atoms with van der Waals surface area (Å²) in [5.74, 6) is -0.854. The Bertz CT molecular complexity index is 1100. The molecule has 1 fully saturated rings. The second-order valence-electron chi connectivity index (χ2n) is 7.57. The standard InChI is InChI=1S/C23H24FN3O2/c1-15-6-2-3-7-18(15)21(27-10-4-5-11-27)14-25-22(28)19-12-16-8-9-17(24)13-20(16)26-23(19)29/h2-3,6-9,12-13,21H,4-5,10-11,14H2,1H3,(H,25,28)(H,26,29). The van der Waals surface area contributed by atoms with Crippen LogP contribution >= 0.6 is 0 Å². The van der Waals surface area contributed by atoms with Crippen LogP contribution in [0.15, 0.2) is 53.3 Å². The van der Waals surface area contributed by atoms with E-state index in [4.69, 9.17) is 0 Å². The number of likely N-dealkylation sites (tertiary alicyclic amines) is 1. The molecule has 1 unspecified atom stereocenters. The number of nitrogens with one attached hydrogen (secondary N) is 2. The summed E-state index contributed by atoms with van der Waals surface area (Å²) in [6, 6.07) is 13.9. The summed E-state index contributed by atoms with van der Waals surface area (Å²) < 4.78 is 13.4. The zero-order valence-corrected chi connectivity index (χ0v) is 16.4. The van der Waals surface area contributed by atoms with Gasteiger partial charge in [0.2, 0.25) is 0 Å². The van der Waals surface area contributed by atoms with Gasteiger partial charge in [-0.3, -0.25) is 14.5 Å². The molecule has 150 valence electrons. The molecule has 0 spiro atoms. The number of carbonyl (C=O) groups is 1. The van der Waals surface area contributed by atoms with E-state index in [0.717, 1.165) is 25.9 Å². The number of aromatic amines is 1. The summed E-state index contributed by atoms with van der Waals surface area (Å²) >= 11 is 0. The minimum atomic E-state index is -0.519. The number of halogens is 1. The molecule has 1 saturated heterocycles. The molecule has 29 heavy (non-hydrogen) atoms. The highest BCUT2D eigenvalue weighted by Crippen LogP contribution is 2.27. The number of pyridine rings is 1. The van der Waals surface area contributed by atoms with E-state index in [1.807, 2.05) is 12.1 Å². The third kappa shape index (κ3) is 4.07. The van der Waals surface area contributed by atoms with Crippen LogP contribution < -0.4 is 10.9 Å². The van der Waals surface area contributed by atoms with E-state index in [2.05, 4.69) is 34.3 Å². The number of H-pyrrole nitrogens is 1. The predicted molar refractivity (Wildman–Crippen MR) is 112 cm³/mol. The SMILES string of the molecule is Cc1ccccc1C(CNC(=O)c1cc2ccc(F)cc2[nH]c1=O)N1CCCC1. The van der Waals surface area contributed by atoms with Crippen molar-refractivity contribution in [3.8, 4) is 0 Å². The first-order valence-electron chi connectivity index (χ1n) is 9.93. The summed E-state index contributed by atoms with van der Waals surface area (Å²) in [6.45, 7) is 4.49. The van der Waals surface area contributed by atoms with Crippen molar-refractivity contribution in [1.82, 2.24) is 15.2 Å². The lowest BCUT2D eigenvalue weighted by molar-refractivity contribution is 0.0936. The molecule has 6 heteroatoms. The van der Waals surface area contributed by atoms with E-state index in [0.29, 0.717) is 17.4 Å². The Morgan fingerprint density at radius 1 is 1.17 bits per heavy atom. The Morgan fingerprint density at radius 2 is 1.93 bits per heavy atom. The first kappa shape index (κ1) is 19.3. The zero-order chi connectivity index (χ0) is 20.4. The van der Waals surface area contributed by atoms with E-state index in [1.165, 1.54) is 29.3 Å². The Kier molecular flexibility index (Phi) is 5.45. The van der Waals surface area contributed by atoms with Gasteiger partial charge < -0.3 is 10.3 Å². The fourth-order valence-electron chi connectivity index (χ4n) is 4.08. The summed E-state index contributed by atoms with van der Waals surface area (Å²) in [5, 5.41) is 3.56. The van der Waals surface area contributed by atoms with Crippen LogP contribution in [0.2, 0.25) is 0 Å². The van der Waals surface area contributed by atoms with Gasteiger partial charge in [-0.15, -0.1) is 0 Å². The van der Waals surface area contributed by atoms with Crippen molar-refractivity contribution in [3.05, 3.63) is 81.4 Å². The Labute approximate surface area is 168 Å². The fourth-order valence-corrected chi connectivity index (χ4v) is 4.08. The second-order valence-corrected chi connectivity index (χ2v) is 7.57. The second kappa shape index (κ2) is 8.17. The van der Waals surface area contributed by atoms with Crippen LogP contribution in [-0.4, -0.2) is 35.4 Å². The summed E-state index contributed by atoms with van der Waals surface area (Å²) in [7, 11) is 0. The summed E-state index contributed by atoms with van der Waals surface area (Å²) in [6.07, 6.45) is 2.30. The van der Waals surface area contributed by atoms with Crippen molar-refractivity contribution < 1.29 is 9.18 Å². The number of benzene rings is 2. The van der Waals surface area contributed by atoms with E-state index >= 15 is 0 Å². The average Bonchev–Trinajstić information content (AvgIpc) is 3.23. The molecule has 1 aliphatic heterocycles. The highest BCUT2D eigenvalue weighted by atomic mass is 19.1. The van der Waals surface area contributed by atoms with Gasteiger partial charge in [0.15, 0.2) is 0 Å². The third-order valence-corrected chi connectivity index (χ3v) is 5.64. The first-order valence-corrected chi connectivity index (χ1v) is 9.93. The van der Waals surface area contributed by atoms with Gasteiger partial charge in [-0.05, 0) is 73.6 Å². The number of amides is 1. The molecule has 1 atom stereocenters. The molecular formula is C23H24FN3O2. The molecule has 1 aliphatic rings. The van der Waals surface area contributed by atoms with E-state index in [-0.39, 0.29) is 11.6 Å². The number of aryl methyl sites for hydroxylation is 1. The maximum atomic E-state index is 13.4. The van der Waals surface area contributed by atoms with Gasteiger partial charge in [0.05, 0.1) is 11.6 Å².